The number of para-hydroxylation sites is 1. The van der Waals surface area contributed by atoms with Crippen molar-refractivity contribution in [2.45, 2.75) is 32.5 Å². The number of rotatable bonds is 7. The zero-order valence-corrected chi connectivity index (χ0v) is 20.4. The molecular weight excluding hydrogens is 471 g/mol. The molecule has 1 aromatic heterocycles. The van der Waals surface area contributed by atoms with Crippen molar-refractivity contribution >= 4 is 10.9 Å². The summed E-state index contributed by atoms with van der Waals surface area (Å²) in [5.41, 5.74) is 4.96. The molecule has 0 bridgehead atoms. The van der Waals surface area contributed by atoms with Crippen molar-refractivity contribution in [3.05, 3.63) is 131 Å². The lowest BCUT2D eigenvalue weighted by molar-refractivity contribution is -0.136. The Morgan fingerprint density at radius 2 is 1.49 bits per heavy atom. The highest BCUT2D eigenvalue weighted by atomic mass is 19.4. The minimum Gasteiger partial charge on any atom is -0.489 e. The van der Waals surface area contributed by atoms with Crippen LogP contribution in [0, 0.1) is 0 Å². The predicted octanol–water partition coefficient (Wildman–Crippen LogP) is 8.65. The van der Waals surface area contributed by atoms with E-state index in [0.717, 1.165) is 40.3 Å². The van der Waals surface area contributed by atoms with E-state index in [1.54, 1.807) is 12.3 Å². The number of pyridine rings is 1. The molecule has 0 fully saturated rings. The van der Waals surface area contributed by atoms with E-state index in [1.165, 1.54) is 11.6 Å². The molecule has 5 heteroatoms. The van der Waals surface area contributed by atoms with Crippen LogP contribution in [0.15, 0.2) is 103 Å². The van der Waals surface area contributed by atoms with Gasteiger partial charge in [0.25, 0.3) is 0 Å². The molecule has 0 saturated heterocycles. The number of hydrogen-bond donors (Lipinski definition) is 0. The maximum atomic E-state index is 13.8. The third-order valence-electron chi connectivity index (χ3n) is 6.48. The van der Waals surface area contributed by atoms with E-state index in [4.69, 9.17) is 4.74 Å². The molecule has 1 heterocycles. The summed E-state index contributed by atoms with van der Waals surface area (Å²) in [4.78, 5) is 4.29. The van der Waals surface area contributed by atoms with Crippen LogP contribution in [0.1, 0.15) is 34.7 Å². The summed E-state index contributed by atoms with van der Waals surface area (Å²) in [5, 5.41) is 0.468. The zero-order chi connectivity index (χ0) is 25.8. The number of aryl methyl sites for hydroxylation is 1. The van der Waals surface area contributed by atoms with E-state index in [-0.39, 0.29) is 5.52 Å². The van der Waals surface area contributed by atoms with E-state index in [0.29, 0.717) is 24.2 Å². The molecule has 0 aliphatic heterocycles. The van der Waals surface area contributed by atoms with Crippen LogP contribution >= 0.6 is 0 Å². The van der Waals surface area contributed by atoms with Crippen molar-refractivity contribution in [3.8, 4) is 16.9 Å². The van der Waals surface area contributed by atoms with Crippen LogP contribution in [0.25, 0.3) is 22.0 Å². The maximum absolute atomic E-state index is 13.8. The molecular formula is C32H26F3NO. The topological polar surface area (TPSA) is 22.1 Å². The van der Waals surface area contributed by atoms with Crippen LogP contribution in [0.5, 0.6) is 5.75 Å². The third kappa shape index (κ3) is 5.51. The Kier molecular flexibility index (Phi) is 6.95. The van der Waals surface area contributed by atoms with E-state index in [2.05, 4.69) is 36.2 Å². The first-order valence-corrected chi connectivity index (χ1v) is 12.2. The number of ether oxygens (including phenoxy) is 1. The van der Waals surface area contributed by atoms with Crippen LogP contribution in [0.2, 0.25) is 0 Å². The van der Waals surface area contributed by atoms with Crippen LogP contribution in [-0.4, -0.2) is 4.98 Å². The van der Waals surface area contributed by atoms with Gasteiger partial charge >= 0.3 is 6.18 Å². The lowest BCUT2D eigenvalue weighted by atomic mass is 9.92. The van der Waals surface area contributed by atoms with Gasteiger partial charge in [0.2, 0.25) is 0 Å². The Hall–Kier alpha value is -4.12. The van der Waals surface area contributed by atoms with E-state index >= 15 is 0 Å². The molecule has 2 nitrogen and oxygen atoms in total. The van der Waals surface area contributed by atoms with Crippen molar-refractivity contribution in [1.82, 2.24) is 4.98 Å². The Bertz CT molecular complexity index is 1510. The van der Waals surface area contributed by atoms with Gasteiger partial charge in [0.05, 0.1) is 11.1 Å². The van der Waals surface area contributed by atoms with Crippen molar-refractivity contribution in [2.75, 3.05) is 0 Å². The fourth-order valence-corrected chi connectivity index (χ4v) is 4.56. The molecule has 0 spiro atoms. The number of benzene rings is 4. The van der Waals surface area contributed by atoms with Gasteiger partial charge in [0.15, 0.2) is 0 Å². The number of alkyl halides is 3. The molecule has 0 aliphatic rings. The summed E-state index contributed by atoms with van der Waals surface area (Å²) in [7, 11) is 0. The molecule has 4 aromatic carbocycles. The monoisotopic (exact) mass is 497 g/mol. The Labute approximate surface area is 214 Å². The van der Waals surface area contributed by atoms with Gasteiger partial charge in [-0.15, -0.1) is 0 Å². The van der Waals surface area contributed by atoms with E-state index in [1.807, 2.05) is 54.6 Å². The predicted molar refractivity (Wildman–Crippen MR) is 142 cm³/mol. The minimum atomic E-state index is -4.50. The Morgan fingerprint density at radius 3 is 2.22 bits per heavy atom. The van der Waals surface area contributed by atoms with Crippen LogP contribution in [0.4, 0.5) is 13.2 Å². The van der Waals surface area contributed by atoms with Gasteiger partial charge in [-0.1, -0.05) is 85.8 Å². The van der Waals surface area contributed by atoms with Crippen LogP contribution in [-0.2, 0) is 25.6 Å². The molecule has 0 N–H and O–H groups in total. The second-order valence-electron chi connectivity index (χ2n) is 9.01. The molecule has 5 aromatic rings. The first-order valence-electron chi connectivity index (χ1n) is 12.2. The van der Waals surface area contributed by atoms with Gasteiger partial charge in [-0.2, -0.15) is 13.2 Å². The van der Waals surface area contributed by atoms with Crippen LogP contribution in [0.3, 0.4) is 0 Å². The average molecular weight is 498 g/mol. The third-order valence-corrected chi connectivity index (χ3v) is 6.48. The lowest BCUT2D eigenvalue weighted by Gasteiger charge is -2.17. The normalized spacial score (nSPS) is 11.6. The van der Waals surface area contributed by atoms with Gasteiger partial charge in [0, 0.05) is 11.6 Å². The molecule has 0 radical (unpaired) electrons. The summed E-state index contributed by atoms with van der Waals surface area (Å²) in [6.45, 7) is 2.52. The van der Waals surface area contributed by atoms with Gasteiger partial charge in [-0.3, -0.25) is 4.98 Å². The number of aromatic nitrogens is 1. The second-order valence-corrected chi connectivity index (χ2v) is 9.01. The molecule has 5 rings (SSSR count). The average Bonchev–Trinajstić information content (AvgIpc) is 2.92. The van der Waals surface area contributed by atoms with Gasteiger partial charge in [0.1, 0.15) is 12.4 Å². The maximum Gasteiger partial charge on any atom is 0.418 e. The summed E-state index contributed by atoms with van der Waals surface area (Å²) < 4.78 is 47.5. The first-order chi connectivity index (χ1) is 17.9. The molecule has 0 aliphatic carbocycles. The highest BCUT2D eigenvalue weighted by Gasteiger charge is 2.33. The molecule has 0 unspecified atom stereocenters. The van der Waals surface area contributed by atoms with Crippen molar-refractivity contribution in [1.29, 1.82) is 0 Å². The summed E-state index contributed by atoms with van der Waals surface area (Å²) in [6, 6.07) is 29.9. The molecule has 37 heavy (non-hydrogen) atoms. The molecule has 186 valence electrons. The fourth-order valence-electron chi connectivity index (χ4n) is 4.56. The minimum absolute atomic E-state index is 0.0517. The van der Waals surface area contributed by atoms with E-state index in [9.17, 15) is 13.2 Å². The second kappa shape index (κ2) is 10.5. The quantitative estimate of drug-likeness (QED) is 0.224. The smallest absolute Gasteiger partial charge is 0.418 e. The molecule has 0 atom stereocenters. The highest BCUT2D eigenvalue weighted by molar-refractivity contribution is 5.98. The van der Waals surface area contributed by atoms with Gasteiger partial charge in [-0.25, -0.2) is 0 Å². The number of nitrogens with zero attached hydrogens (tertiary/aromatic N) is 1. The highest BCUT2D eigenvalue weighted by Crippen LogP contribution is 2.39. The SMILES string of the molecule is CCc1ccc(COc2cccc(-c3c(Cc4ccccc4)cnc4c(C(F)(F)F)cccc34)c2)cc1. The standard InChI is InChI=1S/C32H26F3NO/c1-2-22-14-16-24(17-15-22)21-37-27-11-6-10-25(19-27)30-26(18-23-8-4-3-5-9-23)20-36-31-28(30)12-7-13-29(31)32(33,34)35/h3-17,19-20H,2,18,21H2,1H3. The number of fused-ring (bicyclic) bond motifs is 1. The van der Waals surface area contributed by atoms with E-state index < -0.39 is 11.7 Å². The summed E-state index contributed by atoms with van der Waals surface area (Å²) in [5.74, 6) is 0.652. The summed E-state index contributed by atoms with van der Waals surface area (Å²) >= 11 is 0. The zero-order valence-electron chi connectivity index (χ0n) is 20.4. The molecule has 0 amide bonds. The number of halogens is 3. The van der Waals surface area contributed by atoms with Crippen molar-refractivity contribution in [2.24, 2.45) is 0 Å². The largest absolute Gasteiger partial charge is 0.489 e. The van der Waals surface area contributed by atoms with Crippen LogP contribution < -0.4 is 4.74 Å². The molecule has 0 saturated carbocycles. The Balaban J connectivity index is 1.57. The number of hydrogen-bond acceptors (Lipinski definition) is 2. The fraction of sp³-hybridized carbons (Fsp3) is 0.156. The summed E-state index contributed by atoms with van der Waals surface area (Å²) in [6.07, 6.45) is -1.40. The first kappa shape index (κ1) is 24.6. The van der Waals surface area contributed by atoms with Gasteiger partial charge in [-0.05, 0) is 64.4 Å². The van der Waals surface area contributed by atoms with Gasteiger partial charge < -0.3 is 4.74 Å². The van der Waals surface area contributed by atoms with Crippen molar-refractivity contribution < 1.29 is 17.9 Å². The van der Waals surface area contributed by atoms with Crippen molar-refractivity contribution in [3.63, 3.8) is 0 Å². The lowest BCUT2D eigenvalue weighted by Crippen LogP contribution is -2.07. The Morgan fingerprint density at radius 1 is 0.757 bits per heavy atom.